The third-order valence-electron chi connectivity index (χ3n) is 2.38. The molecule has 0 unspecified atom stereocenters. The Morgan fingerprint density at radius 3 is 2.71 bits per heavy atom. The lowest BCUT2D eigenvalue weighted by atomic mass is 9.99. The summed E-state index contributed by atoms with van der Waals surface area (Å²) in [5.41, 5.74) is 6.36. The molecule has 0 heterocycles. The van der Waals surface area contributed by atoms with Crippen molar-refractivity contribution in [1.82, 2.24) is 0 Å². The number of halogens is 1. The van der Waals surface area contributed by atoms with E-state index in [0.29, 0.717) is 12.0 Å². The molecular weight excluding hydrogens is 244 g/mol. The number of hydrogen-bond acceptors (Lipinski definition) is 4. The van der Waals surface area contributed by atoms with Crippen molar-refractivity contribution < 1.29 is 10.0 Å². The minimum Gasteiger partial charge on any atom is -0.507 e. The molecule has 0 radical (unpaired) electrons. The number of aryl methyl sites for hydroxylation is 1. The van der Waals surface area contributed by atoms with Crippen LogP contribution in [-0.4, -0.2) is 10.0 Å². The summed E-state index contributed by atoms with van der Waals surface area (Å²) in [5.74, 6) is -0.108. The van der Waals surface area contributed by atoms with Gasteiger partial charge in [0.15, 0.2) is 0 Å². The predicted octanol–water partition coefficient (Wildman–Crippen LogP) is 2.61. The maximum Gasteiger partial charge on any atom is 0.277 e. The third-order valence-corrected chi connectivity index (χ3v) is 2.38. The first kappa shape index (κ1) is 15.4. The Kier molecular flexibility index (Phi) is 5.64. The van der Waals surface area contributed by atoms with Crippen LogP contribution in [0.5, 0.6) is 5.75 Å². The molecule has 6 heteroatoms. The highest BCUT2D eigenvalue weighted by molar-refractivity contribution is 5.85. The second-order valence-electron chi connectivity index (χ2n) is 3.55. The minimum absolute atomic E-state index is 0. The fourth-order valence-corrected chi connectivity index (χ4v) is 1.53. The van der Waals surface area contributed by atoms with E-state index in [1.165, 1.54) is 12.1 Å². The second kappa shape index (κ2) is 6.22. The van der Waals surface area contributed by atoms with Crippen LogP contribution in [0.25, 0.3) is 0 Å². The average molecular weight is 259 g/mol. The van der Waals surface area contributed by atoms with Crippen LogP contribution in [0.1, 0.15) is 23.6 Å². The van der Waals surface area contributed by atoms with E-state index in [1.54, 1.807) is 13.0 Å². The number of nitrogens with two attached hydrogens (primary N) is 1. The lowest BCUT2D eigenvalue weighted by molar-refractivity contribution is -0.385. The van der Waals surface area contributed by atoms with Crippen molar-refractivity contribution in [2.75, 3.05) is 0 Å². The first-order chi connectivity index (χ1) is 7.49. The number of benzene rings is 1. The SMILES string of the molecule is C=CC[C@@H](N)c1c([N+](=O)[O-])ccc(C)c1O.Cl. The van der Waals surface area contributed by atoms with Crippen molar-refractivity contribution in [2.45, 2.75) is 19.4 Å². The molecule has 17 heavy (non-hydrogen) atoms. The number of phenols is 1. The highest BCUT2D eigenvalue weighted by Crippen LogP contribution is 2.35. The summed E-state index contributed by atoms with van der Waals surface area (Å²) >= 11 is 0. The van der Waals surface area contributed by atoms with E-state index in [4.69, 9.17) is 5.73 Å². The Morgan fingerprint density at radius 1 is 1.65 bits per heavy atom. The standard InChI is InChI=1S/C11H14N2O3.ClH/c1-3-4-8(12)10-9(13(15)16)6-5-7(2)11(10)14;/h3,5-6,8,14H,1,4,12H2,2H3;1H/t8-;/m1./s1. The van der Waals surface area contributed by atoms with Crippen molar-refractivity contribution in [3.8, 4) is 5.75 Å². The van der Waals surface area contributed by atoms with Crippen LogP contribution in [0.2, 0.25) is 0 Å². The molecule has 1 aromatic carbocycles. The van der Waals surface area contributed by atoms with Crippen LogP contribution in [0.3, 0.4) is 0 Å². The van der Waals surface area contributed by atoms with Crippen LogP contribution in [0, 0.1) is 17.0 Å². The van der Waals surface area contributed by atoms with Gasteiger partial charge in [0.25, 0.3) is 5.69 Å². The van der Waals surface area contributed by atoms with E-state index >= 15 is 0 Å². The summed E-state index contributed by atoms with van der Waals surface area (Å²) in [6.07, 6.45) is 1.94. The Morgan fingerprint density at radius 2 is 2.24 bits per heavy atom. The molecule has 0 aliphatic rings. The number of nitro groups is 1. The van der Waals surface area contributed by atoms with Crippen LogP contribution in [-0.2, 0) is 0 Å². The lowest BCUT2D eigenvalue weighted by Crippen LogP contribution is -2.12. The van der Waals surface area contributed by atoms with Gasteiger partial charge in [0.05, 0.1) is 10.5 Å². The van der Waals surface area contributed by atoms with Crippen molar-refractivity contribution in [3.63, 3.8) is 0 Å². The third kappa shape index (κ3) is 3.18. The van der Waals surface area contributed by atoms with E-state index in [2.05, 4.69) is 6.58 Å². The zero-order valence-electron chi connectivity index (χ0n) is 9.42. The van der Waals surface area contributed by atoms with Gasteiger partial charge in [-0.15, -0.1) is 19.0 Å². The van der Waals surface area contributed by atoms with Gasteiger partial charge < -0.3 is 10.8 Å². The smallest absolute Gasteiger partial charge is 0.277 e. The molecule has 94 valence electrons. The molecule has 0 saturated carbocycles. The minimum atomic E-state index is -0.613. The van der Waals surface area contributed by atoms with Crippen molar-refractivity contribution in [3.05, 3.63) is 46.0 Å². The summed E-state index contributed by atoms with van der Waals surface area (Å²) in [5, 5.41) is 20.6. The van der Waals surface area contributed by atoms with Gasteiger partial charge in [0, 0.05) is 12.1 Å². The van der Waals surface area contributed by atoms with Gasteiger partial charge in [-0.1, -0.05) is 6.08 Å². The van der Waals surface area contributed by atoms with E-state index in [0.717, 1.165) is 0 Å². The highest BCUT2D eigenvalue weighted by atomic mass is 35.5. The molecule has 0 aromatic heterocycles. The quantitative estimate of drug-likeness (QED) is 0.493. The molecule has 0 fully saturated rings. The number of nitro benzene ring substituents is 1. The molecule has 0 spiro atoms. The van der Waals surface area contributed by atoms with Gasteiger partial charge in [-0.05, 0) is 25.0 Å². The Balaban J connectivity index is 0.00000256. The van der Waals surface area contributed by atoms with Crippen molar-refractivity contribution >= 4 is 18.1 Å². The predicted molar refractivity (Wildman–Crippen MR) is 68.5 cm³/mol. The molecule has 0 saturated heterocycles. The number of phenolic OH excluding ortho intramolecular Hbond substituents is 1. The molecule has 1 rings (SSSR count). The number of aromatic hydroxyl groups is 1. The van der Waals surface area contributed by atoms with Crippen molar-refractivity contribution in [2.24, 2.45) is 5.73 Å². The number of nitrogens with zero attached hydrogens (tertiary/aromatic N) is 1. The van der Waals surface area contributed by atoms with Gasteiger partial charge in [0.2, 0.25) is 0 Å². The molecule has 0 aliphatic heterocycles. The second-order valence-corrected chi connectivity index (χ2v) is 3.55. The Labute approximate surface area is 106 Å². The number of hydrogen-bond donors (Lipinski definition) is 2. The lowest BCUT2D eigenvalue weighted by Gasteiger charge is -2.13. The molecular formula is C11H15ClN2O3. The van der Waals surface area contributed by atoms with Crippen LogP contribution in [0.15, 0.2) is 24.8 Å². The largest absolute Gasteiger partial charge is 0.507 e. The summed E-state index contributed by atoms with van der Waals surface area (Å²) < 4.78 is 0. The van der Waals surface area contributed by atoms with E-state index in [9.17, 15) is 15.2 Å². The topological polar surface area (TPSA) is 89.4 Å². The molecule has 0 bridgehead atoms. The maximum atomic E-state index is 10.8. The van der Waals surface area contributed by atoms with Crippen molar-refractivity contribution in [1.29, 1.82) is 0 Å². The number of rotatable bonds is 4. The normalized spacial score (nSPS) is 11.4. The Hall–Kier alpha value is -1.59. The molecule has 1 aromatic rings. The molecule has 5 nitrogen and oxygen atoms in total. The summed E-state index contributed by atoms with van der Waals surface area (Å²) in [4.78, 5) is 10.3. The fraction of sp³-hybridized carbons (Fsp3) is 0.273. The zero-order valence-corrected chi connectivity index (χ0v) is 10.2. The summed E-state index contributed by atoms with van der Waals surface area (Å²) in [6, 6.07) is 2.24. The molecule has 0 aliphatic carbocycles. The van der Waals surface area contributed by atoms with E-state index in [-0.39, 0.29) is 29.4 Å². The molecule has 3 N–H and O–H groups in total. The van der Waals surface area contributed by atoms with Crippen LogP contribution < -0.4 is 5.73 Å². The van der Waals surface area contributed by atoms with E-state index < -0.39 is 11.0 Å². The summed E-state index contributed by atoms with van der Waals surface area (Å²) in [7, 11) is 0. The fourth-order valence-electron chi connectivity index (χ4n) is 1.53. The van der Waals surface area contributed by atoms with E-state index in [1.807, 2.05) is 0 Å². The first-order valence-electron chi connectivity index (χ1n) is 4.82. The van der Waals surface area contributed by atoms with Gasteiger partial charge >= 0.3 is 0 Å². The Bertz CT molecular complexity index is 435. The zero-order chi connectivity index (χ0) is 12.3. The molecule has 1 atom stereocenters. The van der Waals surface area contributed by atoms with Gasteiger partial charge in [-0.2, -0.15) is 0 Å². The first-order valence-corrected chi connectivity index (χ1v) is 4.82. The van der Waals surface area contributed by atoms with Gasteiger partial charge in [0.1, 0.15) is 5.75 Å². The monoisotopic (exact) mass is 258 g/mol. The maximum absolute atomic E-state index is 10.8. The highest BCUT2D eigenvalue weighted by Gasteiger charge is 2.23. The average Bonchev–Trinajstić information content (AvgIpc) is 2.21. The summed E-state index contributed by atoms with van der Waals surface area (Å²) in [6.45, 7) is 5.19. The van der Waals surface area contributed by atoms with Gasteiger partial charge in [-0.25, -0.2) is 0 Å². The molecule has 0 amide bonds. The van der Waals surface area contributed by atoms with Crippen LogP contribution in [0.4, 0.5) is 5.69 Å². The van der Waals surface area contributed by atoms with Gasteiger partial charge in [-0.3, -0.25) is 10.1 Å². The van der Waals surface area contributed by atoms with Crippen LogP contribution >= 0.6 is 12.4 Å².